The van der Waals surface area contributed by atoms with Crippen LogP contribution in [0, 0.1) is 0 Å². The molecule has 3 rings (SSSR count). The first-order valence-corrected chi connectivity index (χ1v) is 11.4. The van der Waals surface area contributed by atoms with Crippen molar-refractivity contribution in [3.63, 3.8) is 0 Å². The van der Waals surface area contributed by atoms with E-state index in [-0.39, 0.29) is 22.0 Å². The SMILES string of the molecule is CCS(=O)(=O)c1cc(-c2ccccn2)cnc1-c1ncc(C(F)(F)C(F)(F)C(F)(F)C(F)(F)F)n1C. The zero-order valence-electron chi connectivity index (χ0n) is 18.2. The first-order chi connectivity index (χ1) is 16.4. The molecule has 0 saturated heterocycles. The van der Waals surface area contributed by atoms with Crippen LogP contribution >= 0.6 is 0 Å². The number of rotatable bonds is 7. The van der Waals surface area contributed by atoms with Crippen molar-refractivity contribution >= 4 is 9.84 Å². The van der Waals surface area contributed by atoms with Crippen LogP contribution in [0.15, 0.2) is 47.8 Å². The van der Waals surface area contributed by atoms with Crippen LogP contribution in [0.2, 0.25) is 0 Å². The topological polar surface area (TPSA) is 77.7 Å². The van der Waals surface area contributed by atoms with Crippen molar-refractivity contribution < 1.29 is 47.9 Å². The van der Waals surface area contributed by atoms with Gasteiger partial charge < -0.3 is 4.57 Å². The van der Waals surface area contributed by atoms with Crippen molar-refractivity contribution in [3.8, 4) is 22.8 Å². The van der Waals surface area contributed by atoms with Crippen LogP contribution in [0.3, 0.4) is 0 Å². The van der Waals surface area contributed by atoms with E-state index < -0.39 is 61.6 Å². The minimum atomic E-state index is -7.10. The van der Waals surface area contributed by atoms with Crippen LogP contribution in [0.5, 0.6) is 0 Å². The van der Waals surface area contributed by atoms with Gasteiger partial charge in [0.15, 0.2) is 15.7 Å². The second kappa shape index (κ2) is 8.74. The maximum absolute atomic E-state index is 14.5. The summed E-state index contributed by atoms with van der Waals surface area (Å²) in [5.74, 6) is -21.4. The summed E-state index contributed by atoms with van der Waals surface area (Å²) in [6.45, 7) is 1.24. The molecule has 0 aliphatic heterocycles. The van der Waals surface area contributed by atoms with Gasteiger partial charge in [0.2, 0.25) is 0 Å². The summed E-state index contributed by atoms with van der Waals surface area (Å²) in [7, 11) is -3.55. The van der Waals surface area contributed by atoms with Gasteiger partial charge in [0, 0.05) is 25.0 Å². The molecule has 0 bridgehead atoms. The first-order valence-electron chi connectivity index (χ1n) is 9.77. The normalized spacial score (nSPS) is 13.8. The van der Waals surface area contributed by atoms with Crippen LogP contribution in [0.25, 0.3) is 22.8 Å². The number of hydrogen-bond donors (Lipinski definition) is 0. The van der Waals surface area contributed by atoms with E-state index in [1.54, 1.807) is 12.1 Å². The monoisotopic (exact) mass is 546 g/mol. The van der Waals surface area contributed by atoms with E-state index in [0.717, 1.165) is 12.3 Å². The molecule has 0 N–H and O–H groups in total. The third-order valence-electron chi connectivity index (χ3n) is 5.19. The van der Waals surface area contributed by atoms with E-state index >= 15 is 0 Å². The smallest absolute Gasteiger partial charge is 0.325 e. The average Bonchev–Trinajstić information content (AvgIpc) is 3.20. The van der Waals surface area contributed by atoms with Gasteiger partial charge >= 0.3 is 23.9 Å². The van der Waals surface area contributed by atoms with Crippen LogP contribution in [-0.4, -0.2) is 51.7 Å². The Bertz CT molecular complexity index is 1370. The van der Waals surface area contributed by atoms with Crippen molar-refractivity contribution in [1.82, 2.24) is 19.5 Å². The Morgan fingerprint density at radius 1 is 0.889 bits per heavy atom. The van der Waals surface area contributed by atoms with Gasteiger partial charge in [-0.05, 0) is 18.2 Å². The number of imidazole rings is 1. The van der Waals surface area contributed by atoms with E-state index in [9.17, 15) is 47.9 Å². The van der Waals surface area contributed by atoms with Crippen molar-refractivity contribution in [1.29, 1.82) is 0 Å². The van der Waals surface area contributed by atoms with Gasteiger partial charge in [-0.25, -0.2) is 13.4 Å². The molecule has 3 aromatic rings. The molecule has 6 nitrogen and oxygen atoms in total. The minimum absolute atomic E-state index is 0.0492. The fraction of sp³-hybridized carbons (Fsp3) is 0.350. The van der Waals surface area contributed by atoms with Gasteiger partial charge in [0.1, 0.15) is 11.4 Å². The number of hydrogen-bond acceptors (Lipinski definition) is 5. The van der Waals surface area contributed by atoms with Crippen molar-refractivity contribution in [2.75, 3.05) is 5.75 Å². The minimum Gasteiger partial charge on any atom is -0.325 e. The van der Waals surface area contributed by atoms with Gasteiger partial charge in [0.25, 0.3) is 0 Å². The van der Waals surface area contributed by atoms with E-state index in [4.69, 9.17) is 0 Å². The molecule has 0 aliphatic rings. The summed E-state index contributed by atoms with van der Waals surface area (Å²) in [6.07, 6.45) is -4.58. The van der Waals surface area contributed by atoms with Crippen LogP contribution in [-0.2, 0) is 22.8 Å². The highest BCUT2D eigenvalue weighted by atomic mass is 32.2. The van der Waals surface area contributed by atoms with Gasteiger partial charge in [-0.15, -0.1) is 0 Å². The quantitative estimate of drug-likeness (QED) is 0.378. The predicted molar refractivity (Wildman–Crippen MR) is 107 cm³/mol. The molecule has 0 atom stereocenters. The molecule has 16 heteroatoms. The van der Waals surface area contributed by atoms with Gasteiger partial charge in [-0.1, -0.05) is 13.0 Å². The summed E-state index contributed by atoms with van der Waals surface area (Å²) in [4.78, 5) is 10.7. The summed E-state index contributed by atoms with van der Waals surface area (Å²) < 4.78 is 146. The highest BCUT2D eigenvalue weighted by molar-refractivity contribution is 7.91. The molecule has 0 aromatic carbocycles. The molecule has 36 heavy (non-hydrogen) atoms. The number of pyridine rings is 2. The summed E-state index contributed by atoms with van der Waals surface area (Å²) in [5.41, 5.74) is -2.21. The van der Waals surface area contributed by atoms with Crippen molar-refractivity contribution in [3.05, 3.63) is 48.5 Å². The Hall–Kier alpha value is -3.17. The Morgan fingerprint density at radius 3 is 2.06 bits per heavy atom. The lowest BCUT2D eigenvalue weighted by Crippen LogP contribution is -2.59. The second-order valence-corrected chi connectivity index (χ2v) is 9.68. The van der Waals surface area contributed by atoms with Gasteiger partial charge in [-0.2, -0.15) is 39.5 Å². The maximum Gasteiger partial charge on any atom is 0.460 e. The van der Waals surface area contributed by atoms with E-state index in [1.807, 2.05) is 0 Å². The largest absolute Gasteiger partial charge is 0.460 e. The molecule has 196 valence electrons. The third-order valence-corrected chi connectivity index (χ3v) is 6.94. The molecule has 3 heterocycles. The first kappa shape index (κ1) is 27.4. The molecule has 0 radical (unpaired) electrons. The molecule has 0 spiro atoms. The second-order valence-electron chi connectivity index (χ2n) is 7.44. The predicted octanol–water partition coefficient (Wildman–Crippen LogP) is 5.26. The molecular weight excluding hydrogens is 531 g/mol. The Kier molecular flexibility index (Phi) is 6.66. The summed E-state index contributed by atoms with van der Waals surface area (Å²) in [5, 5.41) is 0. The molecule has 0 unspecified atom stereocenters. The van der Waals surface area contributed by atoms with E-state index in [2.05, 4.69) is 15.0 Å². The number of alkyl halides is 9. The highest BCUT2D eigenvalue weighted by Gasteiger charge is 2.82. The van der Waals surface area contributed by atoms with Crippen molar-refractivity contribution in [2.24, 2.45) is 7.05 Å². The van der Waals surface area contributed by atoms with Crippen molar-refractivity contribution in [2.45, 2.75) is 35.8 Å². The molecule has 0 amide bonds. The lowest BCUT2D eigenvalue weighted by molar-refractivity contribution is -0.400. The zero-order valence-corrected chi connectivity index (χ0v) is 19.0. The molecular formula is C20H15F9N4O2S. The third kappa shape index (κ3) is 4.20. The van der Waals surface area contributed by atoms with Crippen LogP contribution in [0.4, 0.5) is 39.5 Å². The lowest BCUT2D eigenvalue weighted by Gasteiger charge is -2.33. The number of halogens is 9. The molecule has 0 saturated carbocycles. The van der Waals surface area contributed by atoms with Crippen LogP contribution in [0.1, 0.15) is 12.6 Å². The van der Waals surface area contributed by atoms with E-state index in [0.29, 0.717) is 7.05 Å². The highest BCUT2D eigenvalue weighted by Crippen LogP contribution is 2.56. The molecule has 0 aliphatic carbocycles. The Balaban J connectivity index is 2.21. The lowest BCUT2D eigenvalue weighted by atomic mass is 10.0. The molecule has 0 fully saturated rings. The Labute approximate surface area is 197 Å². The summed E-state index contributed by atoms with van der Waals surface area (Å²) in [6, 6.07) is 5.72. The standard InChI is InChI=1S/C20H15F9N4O2S/c1-3-36(34,35)13-8-11(12-6-4-5-7-30-12)9-31-15(13)16-32-10-14(33(16)2)17(21,22)18(23,24)19(25,26)20(27,28)29/h4-10H,3H2,1-2H3. The van der Waals surface area contributed by atoms with Crippen LogP contribution < -0.4 is 0 Å². The fourth-order valence-electron chi connectivity index (χ4n) is 3.14. The van der Waals surface area contributed by atoms with Gasteiger partial charge in [-0.3, -0.25) is 9.97 Å². The maximum atomic E-state index is 14.5. The Morgan fingerprint density at radius 2 is 1.53 bits per heavy atom. The van der Waals surface area contributed by atoms with Gasteiger partial charge in [0.05, 0.1) is 22.5 Å². The zero-order chi connectivity index (χ0) is 27.3. The average molecular weight is 546 g/mol. The number of nitrogens with zero attached hydrogens (tertiary/aromatic N) is 4. The fourth-order valence-corrected chi connectivity index (χ4v) is 4.19. The number of aromatic nitrogens is 4. The summed E-state index contributed by atoms with van der Waals surface area (Å²) >= 11 is 0. The molecule has 3 aromatic heterocycles. The van der Waals surface area contributed by atoms with E-state index in [1.165, 1.54) is 19.2 Å². The number of sulfone groups is 1.